The van der Waals surface area contributed by atoms with Crippen molar-refractivity contribution in [2.24, 2.45) is 0 Å². The summed E-state index contributed by atoms with van der Waals surface area (Å²) in [5, 5.41) is 0. The van der Waals surface area contributed by atoms with Gasteiger partial charge in [-0.05, 0) is 58.1 Å². The summed E-state index contributed by atoms with van der Waals surface area (Å²) in [4.78, 5) is 12.0. The first-order valence-electron chi connectivity index (χ1n) is 6.44. The molecular formula is C17H17BrO. The zero-order chi connectivity index (χ0) is 14.0. The fraction of sp³-hybridized carbons (Fsp3) is 0.235. The standard InChI is InChI=1S/C17H17BrO/c1-4-15(19)16-11(2)10-14(17(18)12(16)3)13-8-6-5-7-9-13/h5-10H,4H2,1-3H3. The van der Waals surface area contributed by atoms with E-state index in [9.17, 15) is 4.79 Å². The van der Waals surface area contributed by atoms with Crippen LogP contribution < -0.4 is 0 Å². The van der Waals surface area contributed by atoms with Crippen LogP contribution in [0.25, 0.3) is 11.1 Å². The van der Waals surface area contributed by atoms with E-state index >= 15 is 0 Å². The van der Waals surface area contributed by atoms with Gasteiger partial charge < -0.3 is 0 Å². The summed E-state index contributed by atoms with van der Waals surface area (Å²) in [5.74, 6) is 0.204. The molecule has 0 spiro atoms. The van der Waals surface area contributed by atoms with Crippen LogP contribution in [-0.2, 0) is 0 Å². The summed E-state index contributed by atoms with van der Waals surface area (Å²) in [6.07, 6.45) is 0.540. The summed E-state index contributed by atoms with van der Waals surface area (Å²) < 4.78 is 1.01. The number of carbonyl (C=O) groups excluding carboxylic acids is 1. The molecule has 2 heteroatoms. The van der Waals surface area contributed by atoms with E-state index in [1.165, 1.54) is 0 Å². The number of halogens is 1. The maximum atomic E-state index is 12.0. The Morgan fingerprint density at radius 2 is 1.79 bits per heavy atom. The molecule has 1 nitrogen and oxygen atoms in total. The van der Waals surface area contributed by atoms with Gasteiger partial charge in [-0.2, -0.15) is 0 Å². The minimum absolute atomic E-state index is 0.204. The Morgan fingerprint density at radius 1 is 1.16 bits per heavy atom. The van der Waals surface area contributed by atoms with Crippen LogP contribution in [-0.4, -0.2) is 5.78 Å². The molecule has 0 saturated carbocycles. The molecule has 0 aliphatic heterocycles. The van der Waals surface area contributed by atoms with Crippen LogP contribution in [0.2, 0.25) is 0 Å². The Hall–Kier alpha value is -1.41. The van der Waals surface area contributed by atoms with Gasteiger partial charge in [-0.3, -0.25) is 4.79 Å². The average Bonchev–Trinajstić information content (AvgIpc) is 2.43. The third-order valence-electron chi connectivity index (χ3n) is 3.38. The van der Waals surface area contributed by atoms with E-state index in [1.54, 1.807) is 0 Å². The molecule has 0 saturated heterocycles. The largest absolute Gasteiger partial charge is 0.294 e. The molecule has 2 aromatic rings. The molecule has 0 bridgehead atoms. The van der Waals surface area contributed by atoms with E-state index in [0.29, 0.717) is 6.42 Å². The summed E-state index contributed by atoms with van der Waals surface area (Å²) in [7, 11) is 0. The minimum Gasteiger partial charge on any atom is -0.294 e. The van der Waals surface area contributed by atoms with Crippen molar-refractivity contribution in [3.05, 3.63) is 57.6 Å². The van der Waals surface area contributed by atoms with Crippen LogP contribution in [0.3, 0.4) is 0 Å². The Balaban J connectivity index is 2.65. The van der Waals surface area contributed by atoms with Crippen LogP contribution in [0, 0.1) is 13.8 Å². The lowest BCUT2D eigenvalue weighted by atomic mass is 9.92. The molecule has 2 aromatic carbocycles. The van der Waals surface area contributed by atoms with Gasteiger partial charge in [0, 0.05) is 16.5 Å². The number of carbonyl (C=O) groups is 1. The average molecular weight is 317 g/mol. The first-order chi connectivity index (χ1) is 9.06. The quantitative estimate of drug-likeness (QED) is 0.700. The smallest absolute Gasteiger partial charge is 0.163 e. The molecule has 2 rings (SSSR count). The second-order valence-corrected chi connectivity index (χ2v) is 5.49. The molecule has 0 unspecified atom stereocenters. The van der Waals surface area contributed by atoms with Crippen molar-refractivity contribution in [3.63, 3.8) is 0 Å². The Bertz CT molecular complexity index is 615. The van der Waals surface area contributed by atoms with Gasteiger partial charge in [-0.25, -0.2) is 0 Å². The Labute approximate surface area is 122 Å². The van der Waals surface area contributed by atoms with Crippen LogP contribution in [0.4, 0.5) is 0 Å². The molecule has 19 heavy (non-hydrogen) atoms. The zero-order valence-corrected chi connectivity index (χ0v) is 13.0. The van der Waals surface area contributed by atoms with Gasteiger partial charge in [0.15, 0.2) is 5.78 Å². The molecule has 0 radical (unpaired) electrons. The lowest BCUT2D eigenvalue weighted by Gasteiger charge is -2.14. The van der Waals surface area contributed by atoms with Crippen molar-refractivity contribution >= 4 is 21.7 Å². The number of aryl methyl sites for hydroxylation is 1. The fourth-order valence-corrected chi connectivity index (χ4v) is 2.93. The third kappa shape index (κ3) is 2.64. The van der Waals surface area contributed by atoms with Crippen molar-refractivity contribution in [2.45, 2.75) is 27.2 Å². The summed E-state index contributed by atoms with van der Waals surface area (Å²) in [6, 6.07) is 12.3. The lowest BCUT2D eigenvalue weighted by molar-refractivity contribution is 0.0987. The third-order valence-corrected chi connectivity index (χ3v) is 4.40. The highest BCUT2D eigenvalue weighted by atomic mass is 79.9. The second kappa shape index (κ2) is 5.70. The van der Waals surface area contributed by atoms with Crippen molar-refractivity contribution < 1.29 is 4.79 Å². The molecule has 0 heterocycles. The molecule has 0 atom stereocenters. The fourth-order valence-electron chi connectivity index (χ4n) is 2.39. The van der Waals surface area contributed by atoms with Gasteiger partial charge in [-0.1, -0.05) is 37.3 Å². The maximum Gasteiger partial charge on any atom is 0.163 e. The highest BCUT2D eigenvalue weighted by Crippen LogP contribution is 2.35. The highest BCUT2D eigenvalue weighted by molar-refractivity contribution is 9.10. The van der Waals surface area contributed by atoms with Crippen LogP contribution in [0.15, 0.2) is 40.9 Å². The molecule has 0 aliphatic carbocycles. The van der Waals surface area contributed by atoms with E-state index in [2.05, 4.69) is 34.1 Å². The van der Waals surface area contributed by atoms with Gasteiger partial charge in [0.2, 0.25) is 0 Å². The van der Waals surface area contributed by atoms with Crippen molar-refractivity contribution in [1.82, 2.24) is 0 Å². The van der Waals surface area contributed by atoms with E-state index in [4.69, 9.17) is 0 Å². The highest BCUT2D eigenvalue weighted by Gasteiger charge is 2.16. The van der Waals surface area contributed by atoms with E-state index in [-0.39, 0.29) is 5.78 Å². The normalized spacial score (nSPS) is 10.5. The number of Topliss-reactive ketones (excluding diaryl/α,β-unsaturated/α-hetero) is 1. The van der Waals surface area contributed by atoms with Crippen molar-refractivity contribution in [2.75, 3.05) is 0 Å². The van der Waals surface area contributed by atoms with Crippen molar-refractivity contribution in [1.29, 1.82) is 0 Å². The summed E-state index contributed by atoms with van der Waals surface area (Å²) in [6.45, 7) is 5.92. The Kier molecular flexibility index (Phi) is 4.20. The topological polar surface area (TPSA) is 17.1 Å². The number of ketones is 1. The predicted molar refractivity (Wildman–Crippen MR) is 83.7 cm³/mol. The van der Waals surface area contributed by atoms with Gasteiger partial charge in [0.1, 0.15) is 0 Å². The van der Waals surface area contributed by atoms with Crippen LogP contribution in [0.5, 0.6) is 0 Å². The van der Waals surface area contributed by atoms with Crippen LogP contribution in [0.1, 0.15) is 34.8 Å². The van der Waals surface area contributed by atoms with E-state index < -0.39 is 0 Å². The van der Waals surface area contributed by atoms with Crippen LogP contribution >= 0.6 is 15.9 Å². The monoisotopic (exact) mass is 316 g/mol. The summed E-state index contributed by atoms with van der Waals surface area (Å²) >= 11 is 3.65. The Morgan fingerprint density at radius 3 is 2.37 bits per heavy atom. The zero-order valence-electron chi connectivity index (χ0n) is 11.5. The second-order valence-electron chi connectivity index (χ2n) is 4.70. The lowest BCUT2D eigenvalue weighted by Crippen LogP contribution is -2.04. The van der Waals surface area contributed by atoms with Gasteiger partial charge >= 0.3 is 0 Å². The molecule has 0 N–H and O–H groups in total. The molecule has 0 aliphatic rings. The maximum absolute atomic E-state index is 12.0. The molecule has 0 fully saturated rings. The molecule has 0 aromatic heterocycles. The van der Waals surface area contributed by atoms with Gasteiger partial charge in [0.25, 0.3) is 0 Å². The number of hydrogen-bond donors (Lipinski definition) is 0. The SMILES string of the molecule is CCC(=O)c1c(C)cc(-c2ccccc2)c(Br)c1C. The number of rotatable bonds is 3. The number of hydrogen-bond acceptors (Lipinski definition) is 1. The molecular weight excluding hydrogens is 300 g/mol. The van der Waals surface area contributed by atoms with E-state index in [1.807, 2.05) is 39.0 Å². The van der Waals surface area contributed by atoms with E-state index in [0.717, 1.165) is 32.3 Å². The van der Waals surface area contributed by atoms with Gasteiger partial charge in [0.05, 0.1) is 0 Å². The predicted octanol–water partition coefficient (Wildman–Crippen LogP) is 5.33. The van der Waals surface area contributed by atoms with Crippen molar-refractivity contribution in [3.8, 4) is 11.1 Å². The minimum atomic E-state index is 0.204. The molecule has 0 amide bonds. The number of benzene rings is 2. The molecule has 98 valence electrons. The first kappa shape index (κ1) is 14.0. The van der Waals surface area contributed by atoms with Gasteiger partial charge in [-0.15, -0.1) is 0 Å². The first-order valence-corrected chi connectivity index (χ1v) is 7.23. The summed E-state index contributed by atoms with van der Waals surface area (Å²) in [5.41, 5.74) is 5.24.